The van der Waals surface area contributed by atoms with Crippen molar-refractivity contribution >= 4 is 23.3 Å². The van der Waals surface area contributed by atoms with Crippen LogP contribution in [0.2, 0.25) is 5.02 Å². The normalized spacial score (nSPS) is 15.9. The second kappa shape index (κ2) is 8.55. The maximum Gasteiger partial charge on any atom is 0.217 e. The molecule has 160 valence electrons. The number of benzene rings is 2. The van der Waals surface area contributed by atoms with Gasteiger partial charge in [-0.2, -0.15) is 0 Å². The number of rotatable bonds is 4. The van der Waals surface area contributed by atoms with Gasteiger partial charge in [0.05, 0.1) is 10.7 Å². The number of nitrogens with zero attached hydrogens (tertiary/aromatic N) is 2. The number of aryl methyl sites for hydroxylation is 1. The van der Waals surface area contributed by atoms with Crippen LogP contribution in [0.15, 0.2) is 48.5 Å². The topological polar surface area (TPSA) is 65.5 Å². The zero-order valence-corrected chi connectivity index (χ0v) is 18.1. The molecule has 1 fully saturated rings. The van der Waals surface area contributed by atoms with E-state index in [0.29, 0.717) is 46.3 Å². The summed E-state index contributed by atoms with van der Waals surface area (Å²) in [4.78, 5) is 18.3. The van der Waals surface area contributed by atoms with Gasteiger partial charge >= 0.3 is 0 Å². The molecule has 1 saturated heterocycles. The molecule has 4 rings (SSSR count). The Morgan fingerprint density at radius 1 is 1.26 bits per heavy atom. The first-order valence-electron chi connectivity index (χ1n) is 10.1. The Morgan fingerprint density at radius 2 is 2.06 bits per heavy atom. The van der Waals surface area contributed by atoms with E-state index in [0.717, 1.165) is 12.0 Å². The average Bonchev–Trinajstić information content (AvgIpc) is 3.17. The highest BCUT2D eigenvalue weighted by atomic mass is 35.5. The molecule has 0 spiro atoms. The Bertz CT molecular complexity index is 1130. The Morgan fingerprint density at radius 3 is 2.81 bits per heavy atom. The Hall–Kier alpha value is -3.12. The van der Waals surface area contributed by atoms with E-state index in [1.165, 1.54) is 13.0 Å². The maximum atomic E-state index is 14.7. The number of carbonyl (C=O) groups excluding carboxylic acids is 1. The smallest absolute Gasteiger partial charge is 0.217 e. The summed E-state index contributed by atoms with van der Waals surface area (Å²) in [7, 11) is 0. The minimum atomic E-state index is -0.429. The molecule has 1 amide bonds. The van der Waals surface area contributed by atoms with Crippen molar-refractivity contribution in [3.05, 3.63) is 64.9 Å². The van der Waals surface area contributed by atoms with E-state index >= 15 is 0 Å². The number of nitrogens with one attached hydrogen (secondary N) is 1. The molecule has 1 aliphatic heterocycles. The first kappa shape index (κ1) is 21.1. The third kappa shape index (κ3) is 4.49. The van der Waals surface area contributed by atoms with Crippen LogP contribution in [0, 0.1) is 12.7 Å². The summed E-state index contributed by atoms with van der Waals surface area (Å²) in [6.45, 7) is 4.73. The predicted molar refractivity (Wildman–Crippen MR) is 121 cm³/mol. The summed E-state index contributed by atoms with van der Waals surface area (Å²) in [5, 5.41) is 13.7. The number of phenols is 1. The lowest BCUT2D eigenvalue weighted by atomic mass is 10.0. The molecule has 1 atom stereocenters. The van der Waals surface area contributed by atoms with Gasteiger partial charge in [0.2, 0.25) is 5.91 Å². The number of pyridine rings is 1. The van der Waals surface area contributed by atoms with Crippen molar-refractivity contribution in [2.45, 2.75) is 26.3 Å². The maximum absolute atomic E-state index is 14.7. The van der Waals surface area contributed by atoms with E-state index in [4.69, 9.17) is 16.6 Å². The third-order valence-electron chi connectivity index (χ3n) is 5.41. The van der Waals surface area contributed by atoms with Gasteiger partial charge in [-0.3, -0.25) is 4.79 Å². The van der Waals surface area contributed by atoms with E-state index in [1.807, 2.05) is 19.1 Å². The zero-order valence-electron chi connectivity index (χ0n) is 17.3. The van der Waals surface area contributed by atoms with Crippen molar-refractivity contribution in [3.63, 3.8) is 0 Å². The van der Waals surface area contributed by atoms with Crippen molar-refractivity contribution in [1.82, 2.24) is 10.3 Å². The molecule has 0 radical (unpaired) electrons. The fourth-order valence-electron chi connectivity index (χ4n) is 3.96. The van der Waals surface area contributed by atoms with Gasteiger partial charge in [-0.15, -0.1) is 0 Å². The van der Waals surface area contributed by atoms with Crippen LogP contribution >= 0.6 is 11.6 Å². The van der Waals surface area contributed by atoms with E-state index in [9.17, 15) is 14.3 Å². The van der Waals surface area contributed by atoms with Crippen molar-refractivity contribution in [2.24, 2.45) is 0 Å². The quantitative estimate of drug-likeness (QED) is 0.604. The van der Waals surface area contributed by atoms with Gasteiger partial charge in [-0.05, 0) is 55.3 Å². The fraction of sp³-hybridized carbons (Fsp3) is 0.250. The lowest BCUT2D eigenvalue weighted by molar-refractivity contribution is -0.119. The van der Waals surface area contributed by atoms with Crippen molar-refractivity contribution in [3.8, 4) is 28.1 Å². The van der Waals surface area contributed by atoms with Gasteiger partial charge in [-0.25, -0.2) is 9.37 Å². The molecular weight excluding hydrogens is 417 g/mol. The molecule has 1 aromatic heterocycles. The van der Waals surface area contributed by atoms with Crippen molar-refractivity contribution < 1.29 is 14.3 Å². The summed E-state index contributed by atoms with van der Waals surface area (Å²) in [5.41, 5.74) is 2.92. The number of halogens is 2. The molecule has 2 heterocycles. The highest BCUT2D eigenvalue weighted by Gasteiger charge is 2.25. The molecule has 0 bridgehead atoms. The minimum Gasteiger partial charge on any atom is -0.507 e. The number of aromatic nitrogens is 1. The number of hydrogen-bond acceptors (Lipinski definition) is 4. The first-order chi connectivity index (χ1) is 14.8. The molecule has 5 nitrogen and oxygen atoms in total. The highest BCUT2D eigenvalue weighted by molar-refractivity contribution is 6.33. The summed E-state index contributed by atoms with van der Waals surface area (Å²) < 4.78 is 14.7. The van der Waals surface area contributed by atoms with Gasteiger partial charge in [0.1, 0.15) is 17.4 Å². The lowest BCUT2D eigenvalue weighted by Crippen LogP contribution is -2.35. The average molecular weight is 440 g/mol. The summed E-state index contributed by atoms with van der Waals surface area (Å²) in [6, 6.07) is 13.4. The first-order valence-corrected chi connectivity index (χ1v) is 10.5. The molecule has 1 aliphatic rings. The number of carbonyl (C=O) groups is 1. The SMILES string of the molecule is CC(=O)NC1CCN(c2cc(-c3c(F)cccc3Cl)cc(-c3cc(C)ccc3O)n2)C1. The van der Waals surface area contributed by atoms with Crippen LogP contribution in [0.25, 0.3) is 22.4 Å². The zero-order chi connectivity index (χ0) is 22.1. The number of hydrogen-bond donors (Lipinski definition) is 2. The summed E-state index contributed by atoms with van der Waals surface area (Å²) in [5.74, 6) is 0.234. The Labute approximate surface area is 185 Å². The van der Waals surface area contributed by atoms with E-state index < -0.39 is 5.82 Å². The molecule has 0 saturated carbocycles. The van der Waals surface area contributed by atoms with E-state index in [2.05, 4.69) is 10.2 Å². The van der Waals surface area contributed by atoms with Crippen molar-refractivity contribution in [1.29, 1.82) is 0 Å². The Kier molecular flexibility index (Phi) is 5.83. The fourth-order valence-corrected chi connectivity index (χ4v) is 4.23. The number of anilines is 1. The van der Waals surface area contributed by atoms with E-state index in [1.54, 1.807) is 30.3 Å². The van der Waals surface area contributed by atoms with Crippen LogP contribution in [-0.2, 0) is 4.79 Å². The van der Waals surface area contributed by atoms with E-state index in [-0.39, 0.29) is 17.7 Å². The largest absolute Gasteiger partial charge is 0.507 e. The monoisotopic (exact) mass is 439 g/mol. The van der Waals surface area contributed by atoms with Crippen LogP contribution in [0.4, 0.5) is 10.2 Å². The standard InChI is InChI=1S/C24H23ClFN3O2/c1-14-6-7-22(31)18(10-14)21-11-16(24-19(25)4-3-5-20(24)26)12-23(28-21)29-9-8-17(13-29)27-15(2)30/h3-7,10-12,17,31H,8-9,13H2,1-2H3,(H,27,30). The van der Waals surface area contributed by atoms with Gasteiger partial charge in [-0.1, -0.05) is 29.3 Å². The Balaban J connectivity index is 1.84. The molecule has 7 heteroatoms. The highest BCUT2D eigenvalue weighted by Crippen LogP contribution is 2.37. The van der Waals surface area contributed by atoms with Crippen molar-refractivity contribution in [2.75, 3.05) is 18.0 Å². The van der Waals surface area contributed by atoms with Crippen LogP contribution in [0.1, 0.15) is 18.9 Å². The number of phenolic OH excluding ortho intramolecular Hbond substituents is 1. The van der Waals surface area contributed by atoms with Crippen LogP contribution in [0.3, 0.4) is 0 Å². The number of amides is 1. The van der Waals surface area contributed by atoms with Gasteiger partial charge < -0.3 is 15.3 Å². The van der Waals surface area contributed by atoms with Crippen LogP contribution < -0.4 is 10.2 Å². The van der Waals surface area contributed by atoms with Gasteiger partial charge in [0, 0.05) is 37.2 Å². The lowest BCUT2D eigenvalue weighted by Gasteiger charge is -2.20. The van der Waals surface area contributed by atoms with Gasteiger partial charge in [0.15, 0.2) is 0 Å². The minimum absolute atomic E-state index is 0.0239. The third-order valence-corrected chi connectivity index (χ3v) is 5.73. The molecule has 3 aromatic rings. The summed E-state index contributed by atoms with van der Waals surface area (Å²) in [6.07, 6.45) is 0.789. The van der Waals surface area contributed by atoms with Gasteiger partial charge in [0.25, 0.3) is 0 Å². The molecule has 2 N–H and O–H groups in total. The predicted octanol–water partition coefficient (Wildman–Crippen LogP) is 4.94. The second-order valence-corrected chi connectivity index (χ2v) is 8.26. The molecule has 31 heavy (non-hydrogen) atoms. The summed E-state index contributed by atoms with van der Waals surface area (Å²) >= 11 is 6.34. The second-order valence-electron chi connectivity index (χ2n) is 7.85. The van der Waals surface area contributed by atoms with Crippen LogP contribution in [0.5, 0.6) is 5.75 Å². The molecular formula is C24H23ClFN3O2. The molecule has 2 aromatic carbocycles. The molecule has 1 unspecified atom stereocenters. The number of aromatic hydroxyl groups is 1. The van der Waals surface area contributed by atoms with Crippen LogP contribution in [-0.4, -0.2) is 35.1 Å². The molecule has 0 aliphatic carbocycles.